The largest absolute Gasteiger partial charge is 0.506 e. The van der Waals surface area contributed by atoms with E-state index in [0.717, 1.165) is 0 Å². The second kappa shape index (κ2) is 8.22. The van der Waals surface area contributed by atoms with E-state index in [1.165, 1.54) is 36.3 Å². The fourth-order valence-corrected chi connectivity index (χ4v) is 4.40. The zero-order valence-electron chi connectivity index (χ0n) is 18.3. The lowest BCUT2D eigenvalue weighted by molar-refractivity contribution is -0.211. The summed E-state index contributed by atoms with van der Waals surface area (Å²) in [6.07, 6.45) is -4.50. The minimum absolute atomic E-state index is 0.0229. The molecule has 1 N–H and O–H groups in total. The van der Waals surface area contributed by atoms with Gasteiger partial charge >= 0.3 is 6.30 Å². The highest BCUT2D eigenvalue weighted by Crippen LogP contribution is 2.38. The number of rotatable bonds is 4. The molecule has 35 heavy (non-hydrogen) atoms. The lowest BCUT2D eigenvalue weighted by Gasteiger charge is -2.29. The van der Waals surface area contributed by atoms with Gasteiger partial charge in [0.15, 0.2) is 0 Å². The molecule has 5 rings (SSSR count). The number of halogens is 3. The van der Waals surface area contributed by atoms with Gasteiger partial charge in [-0.1, -0.05) is 23.4 Å². The maximum atomic E-state index is 13.8. The second-order valence-electron chi connectivity index (χ2n) is 8.17. The summed E-state index contributed by atoms with van der Waals surface area (Å²) in [4.78, 5) is 38.0. The molecule has 2 aliphatic rings. The van der Waals surface area contributed by atoms with Crippen LogP contribution < -0.4 is 10.1 Å². The maximum absolute atomic E-state index is 13.8. The van der Waals surface area contributed by atoms with Crippen LogP contribution in [-0.2, 0) is 22.4 Å². The van der Waals surface area contributed by atoms with Gasteiger partial charge in [-0.15, -0.1) is 23.0 Å². The van der Waals surface area contributed by atoms with E-state index in [9.17, 15) is 27.6 Å². The van der Waals surface area contributed by atoms with Crippen molar-refractivity contribution in [2.45, 2.75) is 31.7 Å². The molecule has 180 valence electrons. The van der Waals surface area contributed by atoms with Crippen LogP contribution in [0, 0.1) is 0 Å². The second-order valence-corrected chi connectivity index (χ2v) is 8.17. The number of benzene rings is 2. The number of hydrogen-bond acceptors (Lipinski definition) is 6. The Kier molecular flexibility index (Phi) is 5.30. The first kappa shape index (κ1) is 22.6. The number of piperidine rings is 1. The minimum Gasteiger partial charge on any atom is -0.497 e. The number of carbonyl (C=O) groups excluding carboxylic acids is 3. The third-order valence-electron chi connectivity index (χ3n) is 6.05. The highest BCUT2D eigenvalue weighted by atomic mass is 19.4. The number of nitrogens with zero attached hydrogens (tertiary/aromatic N) is 4. The average Bonchev–Trinajstić information content (AvgIpc) is 3.41. The lowest BCUT2D eigenvalue weighted by Crippen LogP contribution is -2.52. The van der Waals surface area contributed by atoms with Crippen LogP contribution in [-0.4, -0.2) is 50.8 Å². The molecule has 3 heterocycles. The molecule has 1 fully saturated rings. The number of hydrogen-bond donors (Lipinski definition) is 1. The van der Waals surface area contributed by atoms with E-state index in [1.807, 2.05) is 0 Å². The van der Waals surface area contributed by atoms with Crippen molar-refractivity contribution in [1.29, 1.82) is 0 Å². The quantitative estimate of drug-likeness (QED) is 0.570. The molecule has 0 bridgehead atoms. The van der Waals surface area contributed by atoms with Crippen LogP contribution in [0.2, 0.25) is 0 Å². The Morgan fingerprint density at radius 3 is 2.60 bits per heavy atom. The van der Waals surface area contributed by atoms with Crippen molar-refractivity contribution in [2.75, 3.05) is 7.11 Å². The Hall–Kier alpha value is -4.22. The van der Waals surface area contributed by atoms with Gasteiger partial charge < -0.3 is 9.64 Å². The van der Waals surface area contributed by atoms with Crippen LogP contribution in [0.25, 0.3) is 22.5 Å². The van der Waals surface area contributed by atoms with Gasteiger partial charge in [0.2, 0.25) is 11.8 Å². The molecular formula is C23H18F3N5O4. The van der Waals surface area contributed by atoms with Gasteiger partial charge in [-0.3, -0.25) is 19.7 Å². The van der Waals surface area contributed by atoms with E-state index in [0.29, 0.717) is 22.4 Å². The van der Waals surface area contributed by atoms with Gasteiger partial charge in [0.1, 0.15) is 23.2 Å². The van der Waals surface area contributed by atoms with E-state index in [1.54, 1.807) is 18.2 Å². The van der Waals surface area contributed by atoms with Gasteiger partial charge in [-0.2, -0.15) is 0 Å². The van der Waals surface area contributed by atoms with Gasteiger partial charge in [0.05, 0.1) is 7.11 Å². The van der Waals surface area contributed by atoms with Crippen LogP contribution in [0.1, 0.15) is 28.8 Å². The average molecular weight is 485 g/mol. The molecular weight excluding hydrogens is 467 g/mol. The molecule has 0 saturated carbocycles. The van der Waals surface area contributed by atoms with E-state index >= 15 is 0 Å². The Bertz CT molecular complexity index is 1370. The van der Waals surface area contributed by atoms with Crippen LogP contribution >= 0.6 is 0 Å². The van der Waals surface area contributed by atoms with Gasteiger partial charge in [-0.25, -0.2) is 0 Å². The van der Waals surface area contributed by atoms with Crippen molar-refractivity contribution < 1.29 is 32.3 Å². The van der Waals surface area contributed by atoms with Crippen LogP contribution in [0.15, 0.2) is 42.5 Å². The number of amides is 3. The number of ether oxygens (including phenoxy) is 1. The summed E-state index contributed by atoms with van der Waals surface area (Å²) >= 11 is 0. The topological polar surface area (TPSA) is 106 Å². The zero-order valence-corrected chi connectivity index (χ0v) is 18.3. The van der Waals surface area contributed by atoms with Crippen LogP contribution in [0.5, 0.6) is 5.75 Å². The maximum Gasteiger partial charge on any atom is 0.506 e. The summed E-state index contributed by atoms with van der Waals surface area (Å²) in [5, 5.41) is 9.39. The van der Waals surface area contributed by atoms with Crippen molar-refractivity contribution in [2.24, 2.45) is 0 Å². The van der Waals surface area contributed by atoms with Gasteiger partial charge in [0.25, 0.3) is 5.91 Å². The Morgan fingerprint density at radius 2 is 1.89 bits per heavy atom. The molecule has 0 aliphatic carbocycles. The first-order chi connectivity index (χ1) is 16.7. The lowest BCUT2D eigenvalue weighted by atomic mass is 10.0. The van der Waals surface area contributed by atoms with Crippen molar-refractivity contribution in [3.8, 4) is 28.3 Å². The van der Waals surface area contributed by atoms with Gasteiger partial charge in [-0.05, 0) is 36.2 Å². The summed E-state index contributed by atoms with van der Waals surface area (Å²) in [6, 6.07) is 9.89. The van der Waals surface area contributed by atoms with Crippen molar-refractivity contribution >= 4 is 17.7 Å². The summed E-state index contributed by atoms with van der Waals surface area (Å²) < 4.78 is 46.3. The predicted molar refractivity (Wildman–Crippen MR) is 115 cm³/mol. The fourth-order valence-electron chi connectivity index (χ4n) is 4.40. The van der Waals surface area contributed by atoms with Crippen LogP contribution in [0.3, 0.4) is 0 Å². The molecule has 2 aromatic carbocycles. The monoisotopic (exact) mass is 485 g/mol. The number of nitrogens with one attached hydrogen (secondary N) is 1. The first-order valence-electron chi connectivity index (χ1n) is 10.6. The number of imide groups is 1. The van der Waals surface area contributed by atoms with E-state index in [4.69, 9.17) is 4.74 Å². The zero-order chi connectivity index (χ0) is 24.9. The molecule has 9 nitrogen and oxygen atoms in total. The number of fused-ring (bicyclic) bond motifs is 1. The standard InChI is InChI=1S/C23H18F3N5O4/c1-35-15-4-2-3-13(10-15)20-19(28-29-31(20)23(24,25)26)12-5-6-16-14(9-12)11-30(22(16)34)17-7-8-18(32)27-21(17)33/h2-6,9-10,17H,7-8,11H2,1H3,(H,27,32,33). The Labute approximate surface area is 196 Å². The molecule has 0 spiro atoms. The first-order valence-corrected chi connectivity index (χ1v) is 10.6. The molecule has 1 atom stereocenters. The summed E-state index contributed by atoms with van der Waals surface area (Å²) in [5.74, 6) is -0.956. The molecule has 3 aromatic rings. The normalized spacial score (nSPS) is 18.0. The fraction of sp³-hybridized carbons (Fsp3) is 0.261. The van der Waals surface area contributed by atoms with E-state index < -0.39 is 24.2 Å². The van der Waals surface area contributed by atoms with Crippen molar-refractivity contribution in [1.82, 2.24) is 25.2 Å². The van der Waals surface area contributed by atoms with Crippen molar-refractivity contribution in [3.05, 3.63) is 53.6 Å². The van der Waals surface area contributed by atoms with Crippen LogP contribution in [0.4, 0.5) is 13.2 Å². The summed E-state index contributed by atoms with van der Waals surface area (Å²) in [7, 11) is 1.41. The molecule has 1 saturated heterocycles. The Morgan fingerprint density at radius 1 is 1.09 bits per heavy atom. The molecule has 2 aliphatic heterocycles. The molecule has 12 heteroatoms. The molecule has 3 amide bonds. The minimum atomic E-state index is -4.82. The van der Waals surface area contributed by atoms with E-state index in [-0.39, 0.29) is 46.9 Å². The van der Waals surface area contributed by atoms with E-state index in [2.05, 4.69) is 15.6 Å². The summed E-state index contributed by atoms with van der Waals surface area (Å²) in [5.41, 5.74) is 1.10. The smallest absolute Gasteiger partial charge is 0.497 e. The number of alkyl halides is 3. The predicted octanol–water partition coefficient (Wildman–Crippen LogP) is 2.86. The third-order valence-corrected chi connectivity index (χ3v) is 6.05. The highest BCUT2D eigenvalue weighted by molar-refractivity contribution is 6.05. The third kappa shape index (κ3) is 3.90. The SMILES string of the molecule is COc1cccc(-c2c(-c3ccc4c(c3)CN(C3CCC(=O)NC3=O)C4=O)nnn2C(F)(F)F)c1. The van der Waals surface area contributed by atoms with Crippen molar-refractivity contribution in [3.63, 3.8) is 0 Å². The molecule has 0 radical (unpaired) electrons. The summed E-state index contributed by atoms with van der Waals surface area (Å²) in [6.45, 7) is 0.0795. The van der Waals surface area contributed by atoms with Gasteiger partial charge in [0, 0.05) is 29.7 Å². The Balaban J connectivity index is 1.55. The highest BCUT2D eigenvalue weighted by Gasteiger charge is 2.40. The molecule has 1 aromatic heterocycles. The number of methoxy groups -OCH3 is 1. The molecule has 1 unspecified atom stereocenters. The number of carbonyl (C=O) groups is 3. The number of aromatic nitrogens is 3.